The fourth-order valence-corrected chi connectivity index (χ4v) is 1.62. The zero-order chi connectivity index (χ0) is 12.9. The van der Waals surface area contributed by atoms with Crippen LogP contribution in [0.4, 0.5) is 0 Å². The van der Waals surface area contributed by atoms with Gasteiger partial charge in [-0.1, -0.05) is 26.7 Å². The molecule has 0 aliphatic heterocycles. The minimum atomic E-state index is -0.711. The second-order valence-electron chi connectivity index (χ2n) is 4.30. The Morgan fingerprint density at radius 2 is 1.94 bits per heavy atom. The van der Waals surface area contributed by atoms with E-state index in [9.17, 15) is 4.79 Å². The van der Waals surface area contributed by atoms with E-state index in [4.69, 9.17) is 9.84 Å². The SMILES string of the molecule is CCCCCOCCCC(CNCC)C(=O)O. The van der Waals surface area contributed by atoms with Crippen LogP contribution in [0.1, 0.15) is 46.0 Å². The van der Waals surface area contributed by atoms with Gasteiger partial charge in [0.2, 0.25) is 0 Å². The van der Waals surface area contributed by atoms with Crippen molar-refractivity contribution in [3.63, 3.8) is 0 Å². The van der Waals surface area contributed by atoms with Crippen molar-refractivity contribution in [1.82, 2.24) is 5.32 Å². The summed E-state index contributed by atoms with van der Waals surface area (Å²) < 4.78 is 5.46. The molecule has 4 nitrogen and oxygen atoms in total. The standard InChI is InChI=1S/C13H27NO3/c1-3-5-6-9-17-10-7-8-12(13(15)16)11-14-4-2/h12,14H,3-11H2,1-2H3,(H,15,16). The summed E-state index contributed by atoms with van der Waals surface area (Å²) in [6, 6.07) is 0. The summed E-state index contributed by atoms with van der Waals surface area (Å²) in [5.74, 6) is -0.994. The van der Waals surface area contributed by atoms with Gasteiger partial charge < -0.3 is 15.2 Å². The molecule has 0 saturated heterocycles. The molecule has 0 fully saturated rings. The van der Waals surface area contributed by atoms with Crippen LogP contribution in [0.25, 0.3) is 0 Å². The van der Waals surface area contributed by atoms with Gasteiger partial charge in [0.25, 0.3) is 0 Å². The summed E-state index contributed by atoms with van der Waals surface area (Å²) in [5.41, 5.74) is 0. The highest BCUT2D eigenvalue weighted by atomic mass is 16.5. The number of ether oxygens (including phenoxy) is 1. The van der Waals surface area contributed by atoms with E-state index < -0.39 is 5.97 Å². The molecule has 0 aromatic heterocycles. The molecule has 0 amide bonds. The zero-order valence-corrected chi connectivity index (χ0v) is 11.2. The molecule has 1 unspecified atom stereocenters. The molecule has 17 heavy (non-hydrogen) atoms. The topological polar surface area (TPSA) is 58.6 Å². The van der Waals surface area contributed by atoms with Gasteiger partial charge >= 0.3 is 5.97 Å². The van der Waals surface area contributed by atoms with E-state index >= 15 is 0 Å². The predicted octanol–water partition coefficient (Wildman–Crippen LogP) is 2.28. The number of hydrogen-bond donors (Lipinski definition) is 2. The number of carboxylic acid groups (broad SMARTS) is 1. The van der Waals surface area contributed by atoms with Gasteiger partial charge in [-0.05, 0) is 25.8 Å². The van der Waals surface area contributed by atoms with E-state index in [1.54, 1.807) is 0 Å². The molecule has 0 saturated carbocycles. The third-order valence-corrected chi connectivity index (χ3v) is 2.72. The highest BCUT2D eigenvalue weighted by molar-refractivity contribution is 5.70. The van der Waals surface area contributed by atoms with Crippen LogP contribution >= 0.6 is 0 Å². The van der Waals surface area contributed by atoms with Crippen molar-refractivity contribution in [2.24, 2.45) is 5.92 Å². The smallest absolute Gasteiger partial charge is 0.307 e. The maximum Gasteiger partial charge on any atom is 0.307 e. The molecule has 1 atom stereocenters. The summed E-state index contributed by atoms with van der Waals surface area (Å²) in [5, 5.41) is 12.1. The Morgan fingerprint density at radius 3 is 2.53 bits per heavy atom. The minimum Gasteiger partial charge on any atom is -0.481 e. The highest BCUT2D eigenvalue weighted by Gasteiger charge is 2.15. The first-order chi connectivity index (χ1) is 8.22. The Hall–Kier alpha value is -0.610. The van der Waals surface area contributed by atoms with E-state index in [1.807, 2.05) is 6.92 Å². The monoisotopic (exact) mass is 245 g/mol. The summed E-state index contributed by atoms with van der Waals surface area (Å²) in [6.07, 6.45) is 5.03. The van der Waals surface area contributed by atoms with Gasteiger partial charge in [0, 0.05) is 19.8 Å². The number of carboxylic acids is 1. The first kappa shape index (κ1) is 16.4. The van der Waals surface area contributed by atoms with E-state index in [0.29, 0.717) is 19.6 Å². The zero-order valence-electron chi connectivity index (χ0n) is 11.2. The summed E-state index contributed by atoms with van der Waals surface area (Å²) in [7, 11) is 0. The van der Waals surface area contributed by atoms with E-state index in [0.717, 1.165) is 26.0 Å². The number of rotatable bonds is 12. The van der Waals surface area contributed by atoms with E-state index in [1.165, 1.54) is 12.8 Å². The van der Waals surface area contributed by atoms with Gasteiger partial charge in [-0.25, -0.2) is 0 Å². The first-order valence-electron chi connectivity index (χ1n) is 6.73. The second kappa shape index (κ2) is 11.9. The predicted molar refractivity (Wildman–Crippen MR) is 69.2 cm³/mol. The molecule has 0 heterocycles. The lowest BCUT2D eigenvalue weighted by atomic mass is 10.0. The number of unbranched alkanes of at least 4 members (excludes halogenated alkanes) is 2. The normalized spacial score (nSPS) is 12.6. The maximum absolute atomic E-state index is 10.9. The molecule has 0 aromatic carbocycles. The molecular weight excluding hydrogens is 218 g/mol. The molecular formula is C13H27NO3. The third kappa shape index (κ3) is 10.3. The van der Waals surface area contributed by atoms with E-state index in [2.05, 4.69) is 12.2 Å². The fourth-order valence-electron chi connectivity index (χ4n) is 1.62. The average Bonchev–Trinajstić information content (AvgIpc) is 2.31. The Morgan fingerprint density at radius 1 is 1.24 bits per heavy atom. The third-order valence-electron chi connectivity index (χ3n) is 2.72. The molecule has 0 bridgehead atoms. The van der Waals surface area contributed by atoms with Crippen LogP contribution in [0.3, 0.4) is 0 Å². The molecule has 0 aliphatic carbocycles. The van der Waals surface area contributed by atoms with Crippen LogP contribution < -0.4 is 5.32 Å². The molecule has 0 aliphatic rings. The highest BCUT2D eigenvalue weighted by Crippen LogP contribution is 2.06. The van der Waals surface area contributed by atoms with Gasteiger partial charge in [-0.15, -0.1) is 0 Å². The summed E-state index contributed by atoms with van der Waals surface area (Å²) in [6.45, 7) is 7.01. The quantitative estimate of drug-likeness (QED) is 0.518. The Balaban J connectivity index is 3.44. The Kier molecular flexibility index (Phi) is 11.4. The first-order valence-corrected chi connectivity index (χ1v) is 6.73. The lowest BCUT2D eigenvalue weighted by Gasteiger charge is -2.12. The van der Waals surface area contributed by atoms with Crippen molar-refractivity contribution in [2.75, 3.05) is 26.3 Å². The molecule has 0 spiro atoms. The van der Waals surface area contributed by atoms with Crippen LogP contribution in [0.15, 0.2) is 0 Å². The van der Waals surface area contributed by atoms with Crippen LogP contribution in [0.2, 0.25) is 0 Å². The van der Waals surface area contributed by atoms with Crippen molar-refractivity contribution < 1.29 is 14.6 Å². The van der Waals surface area contributed by atoms with Crippen molar-refractivity contribution >= 4 is 5.97 Å². The van der Waals surface area contributed by atoms with Crippen LogP contribution in [-0.4, -0.2) is 37.4 Å². The lowest BCUT2D eigenvalue weighted by Crippen LogP contribution is -2.28. The molecule has 102 valence electrons. The summed E-state index contributed by atoms with van der Waals surface area (Å²) in [4.78, 5) is 10.9. The minimum absolute atomic E-state index is 0.283. The van der Waals surface area contributed by atoms with Crippen molar-refractivity contribution in [3.8, 4) is 0 Å². The van der Waals surface area contributed by atoms with Gasteiger partial charge in [0.05, 0.1) is 5.92 Å². The average molecular weight is 245 g/mol. The van der Waals surface area contributed by atoms with Crippen molar-refractivity contribution in [1.29, 1.82) is 0 Å². The fraction of sp³-hybridized carbons (Fsp3) is 0.923. The molecule has 0 rings (SSSR count). The van der Waals surface area contributed by atoms with Crippen LogP contribution in [-0.2, 0) is 9.53 Å². The number of hydrogen-bond acceptors (Lipinski definition) is 3. The molecule has 4 heteroatoms. The maximum atomic E-state index is 10.9. The Bertz CT molecular complexity index is 186. The van der Waals surface area contributed by atoms with Gasteiger partial charge in [-0.2, -0.15) is 0 Å². The molecule has 0 radical (unpaired) electrons. The van der Waals surface area contributed by atoms with E-state index in [-0.39, 0.29) is 5.92 Å². The molecule has 0 aromatic rings. The van der Waals surface area contributed by atoms with Gasteiger partial charge in [0.15, 0.2) is 0 Å². The number of carbonyl (C=O) groups is 1. The van der Waals surface area contributed by atoms with Crippen LogP contribution in [0, 0.1) is 5.92 Å². The number of aliphatic carboxylic acids is 1. The lowest BCUT2D eigenvalue weighted by molar-refractivity contribution is -0.141. The molecule has 2 N–H and O–H groups in total. The van der Waals surface area contributed by atoms with Gasteiger partial charge in [-0.3, -0.25) is 4.79 Å². The van der Waals surface area contributed by atoms with Crippen LogP contribution in [0.5, 0.6) is 0 Å². The largest absolute Gasteiger partial charge is 0.481 e. The summed E-state index contributed by atoms with van der Waals surface area (Å²) >= 11 is 0. The number of nitrogens with one attached hydrogen (secondary N) is 1. The van der Waals surface area contributed by atoms with Crippen molar-refractivity contribution in [2.45, 2.75) is 46.0 Å². The second-order valence-corrected chi connectivity index (χ2v) is 4.30. The van der Waals surface area contributed by atoms with Crippen molar-refractivity contribution in [3.05, 3.63) is 0 Å². The Labute approximate surface area is 105 Å². The van der Waals surface area contributed by atoms with Gasteiger partial charge in [0.1, 0.15) is 0 Å².